The number of amides is 1. The fourth-order valence-corrected chi connectivity index (χ4v) is 4.51. The molecule has 144 valence electrons. The third kappa shape index (κ3) is 5.12. The first-order chi connectivity index (χ1) is 13.6. The number of aromatic nitrogens is 1. The van der Waals surface area contributed by atoms with Crippen LogP contribution in [0.3, 0.4) is 0 Å². The molecule has 1 amide bonds. The molecule has 1 N–H and O–H groups in total. The van der Waals surface area contributed by atoms with Crippen molar-refractivity contribution in [2.24, 2.45) is 5.92 Å². The molecule has 1 unspecified atom stereocenters. The maximum atomic E-state index is 12.7. The van der Waals surface area contributed by atoms with Crippen LogP contribution in [0, 0.1) is 5.92 Å². The van der Waals surface area contributed by atoms with Crippen molar-refractivity contribution in [2.75, 3.05) is 5.32 Å². The van der Waals surface area contributed by atoms with Gasteiger partial charge in [-0.1, -0.05) is 62.9 Å². The molecule has 5 heteroatoms. The van der Waals surface area contributed by atoms with Crippen LogP contribution in [0.25, 0.3) is 15.7 Å². The highest BCUT2D eigenvalue weighted by molar-refractivity contribution is 8.11. The second-order valence-electron chi connectivity index (χ2n) is 6.66. The molecule has 3 nitrogen and oxygen atoms in total. The molecule has 0 aliphatic rings. The van der Waals surface area contributed by atoms with Crippen molar-refractivity contribution in [1.82, 2.24) is 4.98 Å². The molecule has 28 heavy (non-hydrogen) atoms. The van der Waals surface area contributed by atoms with Crippen molar-refractivity contribution >= 4 is 50.4 Å². The molecule has 0 spiro atoms. The van der Waals surface area contributed by atoms with Gasteiger partial charge in [-0.05, 0) is 39.8 Å². The summed E-state index contributed by atoms with van der Waals surface area (Å²) in [4.78, 5) is 18.8. The summed E-state index contributed by atoms with van der Waals surface area (Å²) < 4.78 is 0. The van der Waals surface area contributed by atoms with Crippen molar-refractivity contribution in [3.05, 3.63) is 76.6 Å². The summed E-state index contributed by atoms with van der Waals surface area (Å²) in [7, 11) is 0. The minimum absolute atomic E-state index is 0.0306. The van der Waals surface area contributed by atoms with E-state index in [0.717, 1.165) is 38.2 Å². The zero-order chi connectivity index (χ0) is 19.9. The van der Waals surface area contributed by atoms with Crippen molar-refractivity contribution in [1.29, 1.82) is 0 Å². The molecule has 0 fully saturated rings. The van der Waals surface area contributed by atoms with E-state index in [0.29, 0.717) is 12.3 Å². The Kier molecular flexibility index (Phi) is 7.06. The number of thioether (sulfide) groups is 1. The van der Waals surface area contributed by atoms with Gasteiger partial charge in [-0.15, -0.1) is 11.3 Å². The molecule has 1 aromatic carbocycles. The van der Waals surface area contributed by atoms with Gasteiger partial charge >= 0.3 is 0 Å². The highest BCUT2D eigenvalue weighted by atomic mass is 32.2. The first-order valence-corrected chi connectivity index (χ1v) is 11.1. The predicted octanol–water partition coefficient (Wildman–Crippen LogP) is 6.74. The van der Waals surface area contributed by atoms with E-state index in [1.54, 1.807) is 29.3 Å². The first-order valence-electron chi connectivity index (χ1n) is 9.30. The van der Waals surface area contributed by atoms with E-state index in [-0.39, 0.29) is 5.91 Å². The minimum atomic E-state index is -0.0306. The summed E-state index contributed by atoms with van der Waals surface area (Å²) in [6, 6.07) is 9.86. The smallest absolute Gasteiger partial charge is 0.228 e. The first kappa shape index (κ1) is 20.4. The van der Waals surface area contributed by atoms with Crippen LogP contribution in [0.15, 0.2) is 66.2 Å². The van der Waals surface area contributed by atoms with Crippen LogP contribution in [0.1, 0.15) is 30.7 Å². The molecule has 0 aliphatic carbocycles. The van der Waals surface area contributed by atoms with Gasteiger partial charge in [0.1, 0.15) is 0 Å². The van der Waals surface area contributed by atoms with Gasteiger partial charge in [0, 0.05) is 22.7 Å². The van der Waals surface area contributed by atoms with Crippen molar-refractivity contribution in [3.63, 3.8) is 0 Å². The number of nitrogens with zero attached hydrogens (tertiary/aromatic N) is 1. The molecule has 2 heterocycles. The molecular formula is C23H24N2OS2. The lowest BCUT2D eigenvalue weighted by molar-refractivity contribution is -0.115. The van der Waals surface area contributed by atoms with Crippen molar-refractivity contribution < 1.29 is 4.79 Å². The van der Waals surface area contributed by atoms with Gasteiger partial charge in [0.25, 0.3) is 0 Å². The Balaban J connectivity index is 1.67. The van der Waals surface area contributed by atoms with Gasteiger partial charge in [-0.3, -0.25) is 9.78 Å². The average Bonchev–Trinajstić information content (AvgIpc) is 3.16. The summed E-state index contributed by atoms with van der Waals surface area (Å²) >= 11 is 3.20. The Bertz CT molecular complexity index is 1000. The molecule has 0 saturated carbocycles. The number of pyridine rings is 1. The lowest BCUT2D eigenvalue weighted by Gasteiger charge is -2.09. The Hall–Kier alpha value is -2.37. The molecule has 0 radical (unpaired) electrons. The Morgan fingerprint density at radius 2 is 2.21 bits per heavy atom. The number of allylic oxidation sites excluding steroid dienone is 1. The Labute approximate surface area is 174 Å². The van der Waals surface area contributed by atoms with Gasteiger partial charge < -0.3 is 5.32 Å². The van der Waals surface area contributed by atoms with Gasteiger partial charge in [-0.2, -0.15) is 0 Å². The molecular weight excluding hydrogens is 384 g/mol. The number of hydrogen-bond acceptors (Lipinski definition) is 4. The summed E-state index contributed by atoms with van der Waals surface area (Å²) in [5.41, 5.74) is 1.82. The second kappa shape index (κ2) is 9.71. The van der Waals surface area contributed by atoms with Gasteiger partial charge in [0.2, 0.25) is 5.91 Å². The summed E-state index contributed by atoms with van der Waals surface area (Å²) in [6.07, 6.45) is 7.21. The topological polar surface area (TPSA) is 42.0 Å². The number of fused-ring (bicyclic) bond motifs is 1. The SMILES string of the molecule is C=C(S/C=C\C(C)CC)c1sccc1NC(=O)Cc1cccc2cnccc12. The van der Waals surface area contributed by atoms with Crippen LogP contribution in [0.4, 0.5) is 5.69 Å². The molecule has 2 aromatic heterocycles. The number of rotatable bonds is 8. The second-order valence-corrected chi connectivity index (χ2v) is 8.57. The van der Waals surface area contributed by atoms with Crippen LogP contribution < -0.4 is 5.32 Å². The zero-order valence-electron chi connectivity index (χ0n) is 16.1. The number of nitrogens with one attached hydrogen (secondary N) is 1. The van der Waals surface area contributed by atoms with E-state index in [2.05, 4.69) is 42.2 Å². The number of hydrogen-bond donors (Lipinski definition) is 1. The van der Waals surface area contributed by atoms with Crippen molar-refractivity contribution in [3.8, 4) is 0 Å². The van der Waals surface area contributed by atoms with E-state index in [1.807, 2.05) is 41.9 Å². The molecule has 3 rings (SSSR count). The maximum absolute atomic E-state index is 12.7. The fourth-order valence-electron chi connectivity index (χ4n) is 2.78. The van der Waals surface area contributed by atoms with Crippen molar-refractivity contribution in [2.45, 2.75) is 26.7 Å². The predicted molar refractivity (Wildman–Crippen MR) is 124 cm³/mol. The van der Waals surface area contributed by atoms with E-state index in [9.17, 15) is 4.79 Å². The lowest BCUT2D eigenvalue weighted by atomic mass is 10.0. The quantitative estimate of drug-likeness (QED) is 0.449. The van der Waals surface area contributed by atoms with E-state index in [1.165, 1.54) is 0 Å². The van der Waals surface area contributed by atoms with Crippen LogP contribution in [-0.4, -0.2) is 10.9 Å². The minimum Gasteiger partial charge on any atom is -0.324 e. The highest BCUT2D eigenvalue weighted by Crippen LogP contribution is 2.36. The summed E-state index contributed by atoms with van der Waals surface area (Å²) in [6.45, 7) is 8.55. The monoisotopic (exact) mass is 408 g/mol. The molecule has 3 aromatic rings. The third-order valence-corrected chi connectivity index (χ3v) is 6.46. The van der Waals surface area contributed by atoms with Crippen LogP contribution >= 0.6 is 23.1 Å². The van der Waals surface area contributed by atoms with Gasteiger partial charge in [-0.25, -0.2) is 0 Å². The maximum Gasteiger partial charge on any atom is 0.228 e. The average molecular weight is 409 g/mol. The zero-order valence-corrected chi connectivity index (χ0v) is 17.8. The number of carbonyl (C=O) groups is 1. The summed E-state index contributed by atoms with van der Waals surface area (Å²) in [5, 5.41) is 9.23. The highest BCUT2D eigenvalue weighted by Gasteiger charge is 2.12. The van der Waals surface area contributed by atoms with E-state index >= 15 is 0 Å². The largest absolute Gasteiger partial charge is 0.324 e. The van der Waals surface area contributed by atoms with Crippen LogP contribution in [0.2, 0.25) is 0 Å². The molecule has 0 bridgehead atoms. The van der Waals surface area contributed by atoms with E-state index in [4.69, 9.17) is 0 Å². The number of anilines is 1. The molecule has 0 saturated heterocycles. The number of thiophene rings is 1. The molecule has 1 atom stereocenters. The number of benzene rings is 1. The summed E-state index contributed by atoms with van der Waals surface area (Å²) in [5.74, 6) is 0.524. The number of carbonyl (C=O) groups excluding carboxylic acids is 1. The van der Waals surface area contributed by atoms with Gasteiger partial charge in [0.05, 0.1) is 17.0 Å². The Morgan fingerprint density at radius 3 is 3.04 bits per heavy atom. The fraction of sp³-hybridized carbons (Fsp3) is 0.217. The lowest BCUT2D eigenvalue weighted by Crippen LogP contribution is -2.14. The van der Waals surface area contributed by atoms with Crippen LogP contribution in [0.5, 0.6) is 0 Å². The third-order valence-electron chi connectivity index (χ3n) is 4.58. The normalized spacial score (nSPS) is 12.4. The van der Waals surface area contributed by atoms with Crippen LogP contribution in [-0.2, 0) is 11.2 Å². The molecule has 0 aliphatic heterocycles. The Morgan fingerprint density at radius 1 is 1.36 bits per heavy atom. The van der Waals surface area contributed by atoms with E-state index < -0.39 is 0 Å². The van der Waals surface area contributed by atoms with Gasteiger partial charge in [0.15, 0.2) is 0 Å². The standard InChI is InChI=1S/C23H24N2OS2/c1-4-16(2)9-12-27-17(3)23-21(10-13-28-23)25-22(26)14-18-6-5-7-19-15-24-11-8-20(18)19/h5-13,15-16H,3-4,14H2,1-2H3,(H,25,26)/b12-9-.